The molecule has 0 saturated carbocycles. The first kappa shape index (κ1) is 7.52. The number of thiol groups is 1. The average molecular weight is 172 g/mol. The highest BCUT2D eigenvalue weighted by molar-refractivity contribution is 7.80. The van der Waals surface area contributed by atoms with Crippen molar-refractivity contribution in [1.82, 2.24) is 0 Å². The second kappa shape index (κ2) is 3.08. The van der Waals surface area contributed by atoms with Gasteiger partial charge in [-0.25, -0.2) is 0 Å². The van der Waals surface area contributed by atoms with E-state index in [2.05, 4.69) is 36.6 Å². The molecule has 0 fully saturated rings. The number of benzene rings is 1. The minimum Gasteiger partial charge on any atom is -0.143 e. The summed E-state index contributed by atoms with van der Waals surface area (Å²) >= 11 is 4.28. The SMILES string of the molecule is Sc1ccc2c(c1)CC#CC=C2. The Labute approximate surface area is 77.7 Å². The van der Waals surface area contributed by atoms with Crippen molar-refractivity contribution in [3.8, 4) is 11.8 Å². The standard InChI is InChI=1S/C11H8S/c12-11-7-6-9-4-2-1-3-5-10(9)8-11/h2,4,6-8,12H,5H2. The smallest absolute Gasteiger partial charge is 0.0350 e. The van der Waals surface area contributed by atoms with Crippen molar-refractivity contribution in [1.29, 1.82) is 0 Å². The number of allylic oxidation sites excluding steroid dienone is 1. The lowest BCUT2D eigenvalue weighted by molar-refractivity contribution is 1.26. The molecule has 0 bridgehead atoms. The Morgan fingerprint density at radius 2 is 2.25 bits per heavy atom. The Morgan fingerprint density at radius 3 is 3.17 bits per heavy atom. The van der Waals surface area contributed by atoms with Crippen LogP contribution in [0.25, 0.3) is 6.08 Å². The zero-order valence-corrected chi connectivity index (χ0v) is 7.44. The van der Waals surface area contributed by atoms with E-state index in [1.807, 2.05) is 18.2 Å². The Hall–Kier alpha value is -1.13. The van der Waals surface area contributed by atoms with Gasteiger partial charge >= 0.3 is 0 Å². The third kappa shape index (κ3) is 1.39. The highest BCUT2D eigenvalue weighted by Gasteiger charge is 1.99. The van der Waals surface area contributed by atoms with E-state index in [0.717, 1.165) is 11.3 Å². The minimum absolute atomic E-state index is 0.830. The van der Waals surface area contributed by atoms with Crippen LogP contribution in [0.3, 0.4) is 0 Å². The first-order valence-electron chi connectivity index (χ1n) is 3.83. The second-order valence-electron chi connectivity index (χ2n) is 2.71. The zero-order chi connectivity index (χ0) is 8.39. The molecule has 0 spiro atoms. The molecule has 12 heavy (non-hydrogen) atoms. The summed E-state index contributed by atoms with van der Waals surface area (Å²) in [5.41, 5.74) is 2.51. The van der Waals surface area contributed by atoms with Crippen molar-refractivity contribution in [3.05, 3.63) is 35.4 Å². The van der Waals surface area contributed by atoms with Gasteiger partial charge in [0.15, 0.2) is 0 Å². The van der Waals surface area contributed by atoms with E-state index in [0.29, 0.717) is 0 Å². The lowest BCUT2D eigenvalue weighted by Crippen LogP contribution is -1.85. The molecule has 0 nitrogen and oxygen atoms in total. The summed E-state index contributed by atoms with van der Waals surface area (Å²) in [4.78, 5) is 1.01. The minimum atomic E-state index is 0.830. The maximum absolute atomic E-state index is 4.28. The van der Waals surface area contributed by atoms with Crippen molar-refractivity contribution in [3.63, 3.8) is 0 Å². The molecule has 0 atom stereocenters. The summed E-state index contributed by atoms with van der Waals surface area (Å²) in [6.07, 6.45) is 4.77. The van der Waals surface area contributed by atoms with Gasteiger partial charge in [-0.1, -0.05) is 17.9 Å². The van der Waals surface area contributed by atoms with Gasteiger partial charge in [-0.2, -0.15) is 0 Å². The summed E-state index contributed by atoms with van der Waals surface area (Å²) in [5, 5.41) is 0. The summed E-state index contributed by atoms with van der Waals surface area (Å²) in [6.45, 7) is 0. The Balaban J connectivity index is 2.55. The summed E-state index contributed by atoms with van der Waals surface area (Å²) in [7, 11) is 0. The fraction of sp³-hybridized carbons (Fsp3) is 0.0909. The Kier molecular flexibility index (Phi) is 1.93. The lowest BCUT2D eigenvalue weighted by atomic mass is 10.1. The van der Waals surface area contributed by atoms with Gasteiger partial charge < -0.3 is 0 Å². The normalized spacial score (nSPS) is 12.8. The van der Waals surface area contributed by atoms with Gasteiger partial charge in [0.1, 0.15) is 0 Å². The number of hydrogen-bond acceptors (Lipinski definition) is 1. The summed E-state index contributed by atoms with van der Waals surface area (Å²) < 4.78 is 0. The van der Waals surface area contributed by atoms with E-state index in [1.165, 1.54) is 11.1 Å². The van der Waals surface area contributed by atoms with Gasteiger partial charge in [-0.05, 0) is 35.4 Å². The third-order valence-electron chi connectivity index (χ3n) is 1.85. The van der Waals surface area contributed by atoms with E-state index < -0.39 is 0 Å². The molecule has 1 aromatic carbocycles. The first-order valence-corrected chi connectivity index (χ1v) is 4.28. The maximum atomic E-state index is 4.28. The van der Waals surface area contributed by atoms with Crippen molar-refractivity contribution >= 4 is 18.7 Å². The van der Waals surface area contributed by atoms with E-state index >= 15 is 0 Å². The molecule has 0 radical (unpaired) electrons. The van der Waals surface area contributed by atoms with Gasteiger partial charge in [-0.3, -0.25) is 0 Å². The summed E-state index contributed by atoms with van der Waals surface area (Å²) in [5.74, 6) is 6.02. The number of hydrogen-bond donors (Lipinski definition) is 1. The van der Waals surface area contributed by atoms with Crippen molar-refractivity contribution < 1.29 is 0 Å². The van der Waals surface area contributed by atoms with Gasteiger partial charge in [0.2, 0.25) is 0 Å². The molecule has 1 heteroatoms. The molecule has 1 aliphatic carbocycles. The van der Waals surface area contributed by atoms with Gasteiger partial charge in [0, 0.05) is 11.3 Å². The van der Waals surface area contributed by atoms with Crippen LogP contribution in [-0.2, 0) is 6.42 Å². The molecule has 0 aliphatic heterocycles. The van der Waals surface area contributed by atoms with Crippen LogP contribution in [0.2, 0.25) is 0 Å². The molecule has 0 aromatic heterocycles. The predicted octanol–water partition coefficient (Wildman–Crippen LogP) is 2.55. The van der Waals surface area contributed by atoms with Crippen LogP contribution < -0.4 is 0 Å². The second-order valence-corrected chi connectivity index (χ2v) is 3.23. The molecule has 58 valence electrons. The van der Waals surface area contributed by atoms with E-state index in [4.69, 9.17) is 0 Å². The Morgan fingerprint density at radius 1 is 1.33 bits per heavy atom. The lowest BCUT2D eigenvalue weighted by Gasteiger charge is -2.01. The van der Waals surface area contributed by atoms with Crippen LogP contribution in [0.15, 0.2) is 29.2 Å². The number of fused-ring (bicyclic) bond motifs is 1. The first-order chi connectivity index (χ1) is 5.86. The molecular weight excluding hydrogens is 164 g/mol. The number of rotatable bonds is 0. The molecule has 2 rings (SSSR count). The van der Waals surface area contributed by atoms with Crippen molar-refractivity contribution in [2.75, 3.05) is 0 Å². The van der Waals surface area contributed by atoms with Crippen molar-refractivity contribution in [2.45, 2.75) is 11.3 Å². The van der Waals surface area contributed by atoms with Gasteiger partial charge in [-0.15, -0.1) is 12.6 Å². The van der Waals surface area contributed by atoms with Crippen LogP contribution in [-0.4, -0.2) is 0 Å². The largest absolute Gasteiger partial charge is 0.143 e. The zero-order valence-electron chi connectivity index (χ0n) is 6.54. The van der Waals surface area contributed by atoms with Crippen LogP contribution in [0.1, 0.15) is 11.1 Å². The maximum Gasteiger partial charge on any atom is 0.0350 e. The topological polar surface area (TPSA) is 0 Å². The van der Waals surface area contributed by atoms with Crippen molar-refractivity contribution in [2.24, 2.45) is 0 Å². The monoisotopic (exact) mass is 172 g/mol. The predicted molar refractivity (Wildman–Crippen MR) is 54.2 cm³/mol. The molecule has 1 aliphatic rings. The molecule has 0 N–H and O–H groups in total. The molecule has 0 heterocycles. The third-order valence-corrected chi connectivity index (χ3v) is 2.13. The Bertz CT molecular complexity index is 391. The average Bonchev–Trinajstić information content (AvgIpc) is 2.28. The van der Waals surface area contributed by atoms with E-state index in [1.54, 1.807) is 0 Å². The fourth-order valence-corrected chi connectivity index (χ4v) is 1.47. The van der Waals surface area contributed by atoms with Crippen LogP contribution in [0, 0.1) is 11.8 Å². The van der Waals surface area contributed by atoms with E-state index in [9.17, 15) is 0 Å². The molecule has 1 aromatic rings. The van der Waals surface area contributed by atoms with Crippen LogP contribution >= 0.6 is 12.6 Å². The molecule has 0 amide bonds. The van der Waals surface area contributed by atoms with Gasteiger partial charge in [0.05, 0.1) is 0 Å². The van der Waals surface area contributed by atoms with E-state index in [-0.39, 0.29) is 0 Å². The fourth-order valence-electron chi connectivity index (χ4n) is 1.24. The highest BCUT2D eigenvalue weighted by Crippen LogP contribution is 2.17. The van der Waals surface area contributed by atoms with Crippen LogP contribution in [0.5, 0.6) is 0 Å². The molecular formula is C11H8S. The quantitative estimate of drug-likeness (QED) is 0.451. The van der Waals surface area contributed by atoms with Crippen LogP contribution in [0.4, 0.5) is 0 Å². The van der Waals surface area contributed by atoms with Gasteiger partial charge in [0.25, 0.3) is 0 Å². The highest BCUT2D eigenvalue weighted by atomic mass is 32.1. The molecule has 0 unspecified atom stereocenters. The molecule has 0 saturated heterocycles. The summed E-state index contributed by atoms with van der Waals surface area (Å²) in [6, 6.07) is 6.14.